The molecular formula is C17H17NO2S. The van der Waals surface area contributed by atoms with Crippen molar-refractivity contribution in [1.29, 1.82) is 0 Å². The van der Waals surface area contributed by atoms with E-state index in [1.807, 2.05) is 31.2 Å². The van der Waals surface area contributed by atoms with E-state index in [0.717, 1.165) is 35.3 Å². The number of fused-ring (bicyclic) bond motifs is 2. The minimum Gasteiger partial charge on any atom is -0.497 e. The van der Waals surface area contributed by atoms with Crippen LogP contribution in [0.3, 0.4) is 0 Å². The Morgan fingerprint density at radius 1 is 1.29 bits per heavy atom. The third kappa shape index (κ3) is 1.75. The van der Waals surface area contributed by atoms with E-state index in [4.69, 9.17) is 4.74 Å². The standard InChI is InChI=1S/C17H17NO2S/c1-11-10-21-15-14(11)16(19)18(17(15)7-8-17)9-12-3-5-13(20-2)6-4-12/h3-6,10H,7-9H2,1-2H3. The highest BCUT2D eigenvalue weighted by molar-refractivity contribution is 7.10. The summed E-state index contributed by atoms with van der Waals surface area (Å²) < 4.78 is 5.19. The molecule has 0 radical (unpaired) electrons. The predicted octanol–water partition coefficient (Wildman–Crippen LogP) is 3.71. The van der Waals surface area contributed by atoms with E-state index in [-0.39, 0.29) is 11.4 Å². The summed E-state index contributed by atoms with van der Waals surface area (Å²) in [6.45, 7) is 2.73. The van der Waals surface area contributed by atoms with Crippen LogP contribution in [-0.4, -0.2) is 17.9 Å². The zero-order valence-electron chi connectivity index (χ0n) is 12.2. The number of hydrogen-bond donors (Lipinski definition) is 0. The van der Waals surface area contributed by atoms with Gasteiger partial charge in [0.05, 0.1) is 18.2 Å². The molecule has 1 aromatic heterocycles. The van der Waals surface area contributed by atoms with Gasteiger partial charge in [0.2, 0.25) is 0 Å². The molecule has 2 heterocycles. The fraction of sp³-hybridized carbons (Fsp3) is 0.353. The lowest BCUT2D eigenvalue weighted by Crippen LogP contribution is -2.32. The molecule has 1 fully saturated rings. The molecule has 1 amide bonds. The Morgan fingerprint density at radius 3 is 2.62 bits per heavy atom. The minimum atomic E-state index is 0.00523. The fourth-order valence-corrected chi connectivity index (χ4v) is 4.57. The molecular weight excluding hydrogens is 282 g/mol. The van der Waals surface area contributed by atoms with Crippen molar-refractivity contribution in [2.24, 2.45) is 0 Å². The molecule has 108 valence electrons. The van der Waals surface area contributed by atoms with Gasteiger partial charge in [0, 0.05) is 11.4 Å². The number of carbonyl (C=O) groups excluding carboxylic acids is 1. The number of ether oxygens (including phenoxy) is 1. The Balaban J connectivity index is 1.66. The average Bonchev–Trinajstić information content (AvgIpc) is 3.16. The van der Waals surface area contributed by atoms with Gasteiger partial charge in [0.15, 0.2) is 0 Å². The average molecular weight is 299 g/mol. The van der Waals surface area contributed by atoms with Gasteiger partial charge >= 0.3 is 0 Å². The van der Waals surface area contributed by atoms with Gasteiger partial charge in [-0.05, 0) is 48.4 Å². The van der Waals surface area contributed by atoms with E-state index >= 15 is 0 Å². The van der Waals surface area contributed by atoms with E-state index in [0.29, 0.717) is 6.54 Å². The number of amides is 1. The zero-order chi connectivity index (χ0) is 14.6. The van der Waals surface area contributed by atoms with Crippen LogP contribution >= 0.6 is 11.3 Å². The Bertz CT molecular complexity index is 713. The van der Waals surface area contributed by atoms with Gasteiger partial charge in [-0.3, -0.25) is 4.79 Å². The van der Waals surface area contributed by atoms with Crippen molar-refractivity contribution in [3.8, 4) is 5.75 Å². The third-order valence-electron chi connectivity index (χ3n) is 4.60. The van der Waals surface area contributed by atoms with Gasteiger partial charge in [-0.25, -0.2) is 0 Å². The molecule has 0 saturated heterocycles. The first kappa shape index (κ1) is 12.9. The van der Waals surface area contributed by atoms with Crippen LogP contribution in [0.25, 0.3) is 0 Å². The highest BCUT2D eigenvalue weighted by atomic mass is 32.1. The summed E-state index contributed by atoms with van der Waals surface area (Å²) in [5, 5.41) is 2.12. The topological polar surface area (TPSA) is 29.5 Å². The molecule has 1 aliphatic carbocycles. The van der Waals surface area contributed by atoms with Crippen molar-refractivity contribution in [2.45, 2.75) is 31.8 Å². The van der Waals surface area contributed by atoms with Gasteiger partial charge in [0.25, 0.3) is 5.91 Å². The molecule has 4 rings (SSSR count). The van der Waals surface area contributed by atoms with Crippen molar-refractivity contribution in [2.75, 3.05) is 7.11 Å². The highest BCUT2D eigenvalue weighted by Gasteiger charge is 2.59. The minimum absolute atomic E-state index is 0.00523. The first-order valence-corrected chi connectivity index (χ1v) is 8.07. The Kier molecular flexibility index (Phi) is 2.67. The molecule has 1 aliphatic heterocycles. The van der Waals surface area contributed by atoms with Crippen molar-refractivity contribution in [3.05, 3.63) is 51.2 Å². The van der Waals surface area contributed by atoms with Gasteiger partial charge in [-0.1, -0.05) is 12.1 Å². The van der Waals surface area contributed by atoms with E-state index < -0.39 is 0 Å². The maximum Gasteiger partial charge on any atom is 0.256 e. The summed E-state index contributed by atoms with van der Waals surface area (Å²) in [5.74, 6) is 1.06. The number of aryl methyl sites for hydroxylation is 1. The molecule has 0 atom stereocenters. The van der Waals surface area contributed by atoms with Crippen LogP contribution in [0.1, 0.15) is 39.2 Å². The van der Waals surface area contributed by atoms with Crippen LogP contribution in [0, 0.1) is 6.92 Å². The summed E-state index contributed by atoms with van der Waals surface area (Å²) in [4.78, 5) is 16.1. The van der Waals surface area contributed by atoms with Crippen LogP contribution in [0.15, 0.2) is 29.6 Å². The number of nitrogens with zero attached hydrogens (tertiary/aromatic N) is 1. The SMILES string of the molecule is COc1ccc(CN2C(=O)c3c(C)csc3C23CC3)cc1. The van der Waals surface area contributed by atoms with Crippen molar-refractivity contribution in [3.63, 3.8) is 0 Å². The van der Waals surface area contributed by atoms with E-state index in [2.05, 4.69) is 10.3 Å². The number of carbonyl (C=O) groups is 1. The van der Waals surface area contributed by atoms with Gasteiger partial charge in [-0.15, -0.1) is 11.3 Å². The molecule has 1 spiro atoms. The van der Waals surface area contributed by atoms with Crippen molar-refractivity contribution in [1.82, 2.24) is 4.90 Å². The normalized spacial score (nSPS) is 18.2. The smallest absolute Gasteiger partial charge is 0.256 e. The fourth-order valence-electron chi connectivity index (χ4n) is 3.26. The second-order valence-electron chi connectivity index (χ2n) is 5.89. The lowest BCUT2D eigenvalue weighted by atomic mass is 10.1. The number of benzene rings is 1. The highest BCUT2D eigenvalue weighted by Crippen LogP contribution is 2.59. The number of hydrogen-bond acceptors (Lipinski definition) is 3. The molecule has 2 aromatic rings. The molecule has 21 heavy (non-hydrogen) atoms. The van der Waals surface area contributed by atoms with Gasteiger partial charge in [0.1, 0.15) is 5.75 Å². The summed E-state index contributed by atoms with van der Waals surface area (Å²) in [6.07, 6.45) is 2.20. The molecule has 4 heteroatoms. The third-order valence-corrected chi connectivity index (χ3v) is 5.89. The maximum absolute atomic E-state index is 12.8. The number of methoxy groups -OCH3 is 1. The molecule has 3 nitrogen and oxygen atoms in total. The van der Waals surface area contributed by atoms with Crippen LogP contribution in [-0.2, 0) is 12.1 Å². The molecule has 0 unspecified atom stereocenters. The van der Waals surface area contributed by atoms with Gasteiger partial charge < -0.3 is 9.64 Å². The second kappa shape index (κ2) is 4.34. The quantitative estimate of drug-likeness (QED) is 0.864. The van der Waals surface area contributed by atoms with Crippen molar-refractivity contribution < 1.29 is 9.53 Å². The monoisotopic (exact) mass is 299 g/mol. The number of rotatable bonds is 3. The van der Waals surface area contributed by atoms with Crippen LogP contribution in [0.4, 0.5) is 0 Å². The van der Waals surface area contributed by atoms with Crippen molar-refractivity contribution >= 4 is 17.2 Å². The van der Waals surface area contributed by atoms with E-state index in [1.54, 1.807) is 18.4 Å². The maximum atomic E-state index is 12.8. The zero-order valence-corrected chi connectivity index (χ0v) is 13.0. The summed E-state index contributed by atoms with van der Waals surface area (Å²) in [6, 6.07) is 8.00. The molecule has 1 saturated carbocycles. The summed E-state index contributed by atoms with van der Waals surface area (Å²) in [7, 11) is 1.67. The largest absolute Gasteiger partial charge is 0.497 e. The first-order chi connectivity index (χ1) is 10.2. The molecule has 0 N–H and O–H groups in total. The predicted molar refractivity (Wildman–Crippen MR) is 82.8 cm³/mol. The van der Waals surface area contributed by atoms with Crippen LogP contribution in [0.2, 0.25) is 0 Å². The number of thiophene rings is 1. The summed E-state index contributed by atoms with van der Waals surface area (Å²) in [5.41, 5.74) is 3.25. The Hall–Kier alpha value is -1.81. The second-order valence-corrected chi connectivity index (χ2v) is 6.77. The molecule has 0 bridgehead atoms. The van der Waals surface area contributed by atoms with Crippen LogP contribution < -0.4 is 4.74 Å². The summed E-state index contributed by atoms with van der Waals surface area (Å²) >= 11 is 1.75. The van der Waals surface area contributed by atoms with Crippen LogP contribution in [0.5, 0.6) is 5.75 Å². The molecule has 2 aliphatic rings. The lowest BCUT2D eigenvalue weighted by Gasteiger charge is -2.25. The first-order valence-electron chi connectivity index (χ1n) is 7.19. The van der Waals surface area contributed by atoms with Gasteiger partial charge in [-0.2, -0.15) is 0 Å². The molecule has 1 aromatic carbocycles. The Labute approximate surface area is 128 Å². The van der Waals surface area contributed by atoms with E-state index in [1.165, 1.54) is 4.88 Å². The van der Waals surface area contributed by atoms with E-state index in [9.17, 15) is 4.79 Å². The lowest BCUT2D eigenvalue weighted by molar-refractivity contribution is 0.0684. The Morgan fingerprint density at radius 2 is 2.00 bits per heavy atom.